The standard InChI is InChI=1S/C19H17FN2O3/c20-14-5-6-16-15(10-14)12-7-8-21-18(9-12)13(11-23)3-1-2-4-17(22-16)19(24)25/h5-11,13H,1-4H2,(H,24,25). The maximum atomic E-state index is 13.8. The van der Waals surface area contributed by atoms with Crippen LogP contribution in [0, 0.1) is 5.82 Å². The van der Waals surface area contributed by atoms with E-state index in [9.17, 15) is 19.1 Å². The molecule has 0 saturated heterocycles. The molecule has 2 aromatic rings. The number of fused-ring (bicyclic) bond motifs is 4. The number of aldehydes is 1. The quantitative estimate of drug-likeness (QED) is 0.841. The maximum Gasteiger partial charge on any atom is 0.350 e. The van der Waals surface area contributed by atoms with Gasteiger partial charge in [-0.3, -0.25) is 4.98 Å². The summed E-state index contributed by atoms with van der Waals surface area (Å²) in [5, 5.41) is 9.39. The Bertz CT molecular complexity index is 848. The molecule has 2 bridgehead atoms. The Kier molecular flexibility index (Phi) is 4.97. The number of pyridine rings is 1. The van der Waals surface area contributed by atoms with Crippen molar-refractivity contribution in [2.75, 3.05) is 0 Å². The van der Waals surface area contributed by atoms with E-state index in [0.717, 1.165) is 6.29 Å². The van der Waals surface area contributed by atoms with Crippen molar-refractivity contribution in [2.45, 2.75) is 31.6 Å². The molecule has 1 aliphatic rings. The van der Waals surface area contributed by atoms with Crippen molar-refractivity contribution < 1.29 is 19.1 Å². The summed E-state index contributed by atoms with van der Waals surface area (Å²) in [6.07, 6.45) is 4.60. The number of benzene rings is 1. The van der Waals surface area contributed by atoms with Crippen LogP contribution in [0.25, 0.3) is 11.1 Å². The second kappa shape index (κ2) is 7.34. The van der Waals surface area contributed by atoms with E-state index in [1.165, 1.54) is 18.2 Å². The van der Waals surface area contributed by atoms with Crippen LogP contribution >= 0.6 is 0 Å². The van der Waals surface area contributed by atoms with Crippen molar-refractivity contribution in [3.63, 3.8) is 0 Å². The number of hydrogen-bond donors (Lipinski definition) is 1. The van der Waals surface area contributed by atoms with Gasteiger partial charge in [-0.2, -0.15) is 0 Å². The maximum absolute atomic E-state index is 13.8. The highest BCUT2D eigenvalue weighted by molar-refractivity contribution is 6.36. The lowest BCUT2D eigenvalue weighted by molar-refractivity contribution is -0.129. The lowest BCUT2D eigenvalue weighted by Gasteiger charge is -2.14. The van der Waals surface area contributed by atoms with Gasteiger partial charge in [0, 0.05) is 11.8 Å². The van der Waals surface area contributed by atoms with E-state index >= 15 is 0 Å². The summed E-state index contributed by atoms with van der Waals surface area (Å²) in [7, 11) is 0. The molecule has 0 aliphatic carbocycles. The van der Waals surface area contributed by atoms with E-state index in [4.69, 9.17) is 0 Å². The van der Waals surface area contributed by atoms with Crippen molar-refractivity contribution in [2.24, 2.45) is 4.99 Å². The van der Waals surface area contributed by atoms with Crippen LogP contribution < -0.4 is 0 Å². The Labute approximate surface area is 144 Å². The number of rotatable bonds is 2. The number of hydrogen-bond acceptors (Lipinski definition) is 4. The third-order valence-corrected chi connectivity index (χ3v) is 4.28. The highest BCUT2D eigenvalue weighted by atomic mass is 19.1. The van der Waals surface area contributed by atoms with Crippen LogP contribution in [0.5, 0.6) is 0 Å². The minimum Gasteiger partial charge on any atom is -0.477 e. The normalized spacial score (nSPS) is 17.5. The molecule has 0 saturated carbocycles. The van der Waals surface area contributed by atoms with Gasteiger partial charge in [0.1, 0.15) is 17.8 Å². The summed E-state index contributed by atoms with van der Waals surface area (Å²) >= 11 is 0. The van der Waals surface area contributed by atoms with Gasteiger partial charge in [-0.05, 0) is 55.2 Å². The minimum atomic E-state index is -1.09. The third kappa shape index (κ3) is 3.79. The van der Waals surface area contributed by atoms with Crippen LogP contribution in [-0.2, 0) is 9.59 Å². The first-order valence-electron chi connectivity index (χ1n) is 8.10. The average Bonchev–Trinajstić information content (AvgIpc) is 2.61. The van der Waals surface area contributed by atoms with E-state index in [1.54, 1.807) is 18.3 Å². The van der Waals surface area contributed by atoms with Crippen molar-refractivity contribution in [1.29, 1.82) is 0 Å². The largest absolute Gasteiger partial charge is 0.477 e. The number of halogens is 1. The molecule has 0 amide bonds. The van der Waals surface area contributed by atoms with Gasteiger partial charge < -0.3 is 9.90 Å². The molecule has 0 spiro atoms. The van der Waals surface area contributed by atoms with Gasteiger partial charge in [0.2, 0.25) is 0 Å². The second-order valence-electron chi connectivity index (χ2n) is 5.98. The molecule has 3 rings (SSSR count). The fraction of sp³-hybridized carbons (Fsp3) is 0.263. The van der Waals surface area contributed by atoms with Gasteiger partial charge in [-0.25, -0.2) is 14.2 Å². The first-order chi connectivity index (χ1) is 12.1. The first-order valence-corrected chi connectivity index (χ1v) is 8.10. The first kappa shape index (κ1) is 17.0. The summed E-state index contributed by atoms with van der Waals surface area (Å²) in [5.74, 6) is -1.89. The lowest BCUT2D eigenvalue weighted by atomic mass is 9.94. The van der Waals surface area contributed by atoms with E-state index < -0.39 is 11.8 Å². The predicted octanol–water partition coefficient (Wildman–Crippen LogP) is 3.90. The molecule has 128 valence electrons. The number of carbonyl (C=O) groups excluding carboxylic acids is 1. The molecule has 0 fully saturated rings. The Morgan fingerprint density at radius 2 is 2.08 bits per heavy atom. The lowest BCUT2D eigenvalue weighted by Crippen LogP contribution is -2.13. The molecule has 25 heavy (non-hydrogen) atoms. The molecule has 1 aromatic heterocycles. The third-order valence-electron chi connectivity index (χ3n) is 4.28. The zero-order chi connectivity index (χ0) is 17.8. The topological polar surface area (TPSA) is 79.6 Å². The summed E-state index contributed by atoms with van der Waals surface area (Å²) in [6.45, 7) is 0. The fourth-order valence-corrected chi connectivity index (χ4v) is 2.95. The second-order valence-corrected chi connectivity index (χ2v) is 5.98. The highest BCUT2D eigenvalue weighted by Crippen LogP contribution is 2.33. The van der Waals surface area contributed by atoms with Crippen LogP contribution in [0.2, 0.25) is 0 Å². The van der Waals surface area contributed by atoms with Crippen LogP contribution in [0.1, 0.15) is 37.3 Å². The summed E-state index contributed by atoms with van der Waals surface area (Å²) in [4.78, 5) is 31.5. The van der Waals surface area contributed by atoms with Gasteiger partial charge in [0.15, 0.2) is 0 Å². The molecule has 0 radical (unpaired) electrons. The molecule has 1 N–H and O–H groups in total. The Morgan fingerprint density at radius 1 is 1.24 bits per heavy atom. The molecule has 1 aliphatic heterocycles. The molecular weight excluding hydrogens is 323 g/mol. The van der Waals surface area contributed by atoms with Crippen molar-refractivity contribution >= 4 is 23.7 Å². The van der Waals surface area contributed by atoms with E-state index in [0.29, 0.717) is 48.2 Å². The van der Waals surface area contributed by atoms with Gasteiger partial charge in [0.05, 0.1) is 17.3 Å². The smallest absolute Gasteiger partial charge is 0.350 e. The predicted molar refractivity (Wildman–Crippen MR) is 91.6 cm³/mol. The molecule has 1 aromatic carbocycles. The molecule has 1 atom stereocenters. The average molecular weight is 340 g/mol. The zero-order valence-corrected chi connectivity index (χ0v) is 13.5. The van der Waals surface area contributed by atoms with Crippen molar-refractivity contribution in [1.82, 2.24) is 4.98 Å². The minimum absolute atomic E-state index is 0.0327. The Hall–Kier alpha value is -2.89. The van der Waals surface area contributed by atoms with E-state index in [1.807, 2.05) is 0 Å². The summed E-state index contributed by atoms with van der Waals surface area (Å²) < 4.78 is 13.8. The van der Waals surface area contributed by atoms with Gasteiger partial charge in [-0.15, -0.1) is 0 Å². The van der Waals surface area contributed by atoms with Crippen LogP contribution in [0.4, 0.5) is 10.1 Å². The summed E-state index contributed by atoms with van der Waals surface area (Å²) in [5.41, 5.74) is 2.18. The number of aliphatic carboxylic acids is 1. The SMILES string of the molecule is O=CC1CCCCC(C(=O)O)=Nc2ccc(F)cc2-c2ccnc1c2. The molecule has 5 nitrogen and oxygen atoms in total. The fourth-order valence-electron chi connectivity index (χ4n) is 2.95. The highest BCUT2D eigenvalue weighted by Gasteiger charge is 2.18. The number of nitrogens with zero attached hydrogens (tertiary/aromatic N) is 2. The van der Waals surface area contributed by atoms with Gasteiger partial charge >= 0.3 is 5.97 Å². The molecular formula is C19H17FN2O3. The summed E-state index contributed by atoms with van der Waals surface area (Å²) in [6, 6.07) is 7.49. The zero-order valence-electron chi connectivity index (χ0n) is 13.5. The van der Waals surface area contributed by atoms with Crippen LogP contribution in [0.3, 0.4) is 0 Å². The Morgan fingerprint density at radius 3 is 2.84 bits per heavy atom. The number of aliphatic imine (C=N–C) groups is 1. The molecule has 6 heteroatoms. The monoisotopic (exact) mass is 340 g/mol. The Balaban J connectivity index is 2.21. The van der Waals surface area contributed by atoms with Crippen molar-refractivity contribution in [3.05, 3.63) is 48.0 Å². The van der Waals surface area contributed by atoms with Crippen molar-refractivity contribution in [3.8, 4) is 11.1 Å². The van der Waals surface area contributed by atoms with Gasteiger partial charge in [0.25, 0.3) is 0 Å². The van der Waals surface area contributed by atoms with E-state index in [-0.39, 0.29) is 11.6 Å². The number of carbonyl (C=O) groups is 2. The van der Waals surface area contributed by atoms with E-state index in [2.05, 4.69) is 9.98 Å². The van der Waals surface area contributed by atoms with Crippen LogP contribution in [-0.4, -0.2) is 28.1 Å². The van der Waals surface area contributed by atoms with Gasteiger partial charge in [-0.1, -0.05) is 6.42 Å². The molecule has 1 unspecified atom stereocenters. The number of carboxylic acid groups (broad SMARTS) is 1. The number of aromatic nitrogens is 1. The number of carboxylic acids is 1. The molecule has 2 heterocycles. The van der Waals surface area contributed by atoms with Crippen LogP contribution in [0.15, 0.2) is 41.5 Å².